The number of aliphatic carboxylic acids is 1. The maximum atomic E-state index is 12.1. The molecular formula is C13H21NO6S. The van der Waals surface area contributed by atoms with E-state index in [1.807, 2.05) is 0 Å². The van der Waals surface area contributed by atoms with Crippen molar-refractivity contribution in [3.05, 3.63) is 0 Å². The summed E-state index contributed by atoms with van der Waals surface area (Å²) in [5.74, 6) is -1.84. The molecule has 8 heteroatoms. The van der Waals surface area contributed by atoms with Gasteiger partial charge in [0, 0.05) is 19.5 Å². The number of carbonyl (C=O) groups is 2. The van der Waals surface area contributed by atoms with Crippen LogP contribution in [0, 0.1) is 11.8 Å². The highest BCUT2D eigenvalue weighted by molar-refractivity contribution is 7.92. The fourth-order valence-electron chi connectivity index (χ4n) is 3.09. The zero-order chi connectivity index (χ0) is 16.0. The predicted octanol–water partition coefficient (Wildman–Crippen LogP) is 0.741. The van der Waals surface area contributed by atoms with Gasteiger partial charge < -0.3 is 14.7 Å². The number of carboxylic acids is 1. The third-order valence-electron chi connectivity index (χ3n) is 3.91. The predicted molar refractivity (Wildman–Crippen MR) is 74.6 cm³/mol. The number of fused-ring (bicyclic) bond motifs is 1. The van der Waals surface area contributed by atoms with E-state index in [1.54, 1.807) is 20.8 Å². The maximum Gasteiger partial charge on any atom is 0.410 e. The molecule has 21 heavy (non-hydrogen) atoms. The van der Waals surface area contributed by atoms with Gasteiger partial charge in [-0.05, 0) is 32.6 Å². The molecule has 2 saturated heterocycles. The number of carbonyl (C=O) groups excluding carboxylic acids is 1. The van der Waals surface area contributed by atoms with Gasteiger partial charge in [0.2, 0.25) is 0 Å². The number of carboxylic acid groups (broad SMARTS) is 1. The molecule has 0 aromatic carbocycles. The van der Waals surface area contributed by atoms with E-state index >= 15 is 0 Å². The molecule has 120 valence electrons. The fourth-order valence-corrected chi connectivity index (χ4v) is 5.54. The van der Waals surface area contributed by atoms with Gasteiger partial charge in [-0.15, -0.1) is 0 Å². The van der Waals surface area contributed by atoms with Crippen molar-refractivity contribution in [2.45, 2.75) is 38.0 Å². The first-order chi connectivity index (χ1) is 9.49. The van der Waals surface area contributed by atoms with Crippen LogP contribution in [-0.4, -0.2) is 60.2 Å². The monoisotopic (exact) mass is 319 g/mol. The average Bonchev–Trinajstić information content (AvgIpc) is 2.77. The summed E-state index contributed by atoms with van der Waals surface area (Å²) in [5.41, 5.74) is -0.645. The van der Waals surface area contributed by atoms with E-state index in [0.717, 1.165) is 0 Å². The number of rotatable bonds is 2. The van der Waals surface area contributed by atoms with E-state index < -0.39 is 38.7 Å². The Kier molecular flexibility index (Phi) is 3.94. The van der Waals surface area contributed by atoms with Crippen molar-refractivity contribution in [2.75, 3.05) is 18.8 Å². The highest BCUT2D eigenvalue weighted by Crippen LogP contribution is 2.39. The Morgan fingerprint density at radius 2 is 1.90 bits per heavy atom. The molecule has 2 rings (SSSR count). The molecule has 0 aromatic rings. The Labute approximate surface area is 124 Å². The maximum absolute atomic E-state index is 12.1. The summed E-state index contributed by atoms with van der Waals surface area (Å²) in [6.07, 6.45) is -0.719. The van der Waals surface area contributed by atoms with Crippen LogP contribution in [0.1, 0.15) is 27.2 Å². The Balaban J connectivity index is 2.11. The van der Waals surface area contributed by atoms with E-state index in [0.29, 0.717) is 0 Å². The molecule has 2 aliphatic rings. The summed E-state index contributed by atoms with van der Waals surface area (Å²) in [7, 11) is -3.34. The number of likely N-dealkylation sites (tertiary alicyclic amines) is 1. The summed E-state index contributed by atoms with van der Waals surface area (Å²) >= 11 is 0. The van der Waals surface area contributed by atoms with Crippen LogP contribution in [0.15, 0.2) is 0 Å². The largest absolute Gasteiger partial charge is 0.481 e. The van der Waals surface area contributed by atoms with Crippen molar-refractivity contribution < 1.29 is 27.9 Å². The molecule has 7 nitrogen and oxygen atoms in total. The summed E-state index contributed by atoms with van der Waals surface area (Å²) in [6, 6.07) is 0. The number of sulfone groups is 1. The van der Waals surface area contributed by atoms with Crippen LogP contribution >= 0.6 is 0 Å². The molecule has 2 fully saturated rings. The van der Waals surface area contributed by atoms with Crippen LogP contribution < -0.4 is 0 Å². The van der Waals surface area contributed by atoms with Crippen LogP contribution in [0.4, 0.5) is 4.79 Å². The smallest absolute Gasteiger partial charge is 0.410 e. The molecule has 2 aliphatic heterocycles. The number of hydrogen-bond acceptors (Lipinski definition) is 5. The first-order valence-electron chi connectivity index (χ1n) is 6.91. The van der Waals surface area contributed by atoms with E-state index in [1.165, 1.54) is 4.90 Å². The molecule has 3 atom stereocenters. The van der Waals surface area contributed by atoms with Gasteiger partial charge in [-0.2, -0.15) is 0 Å². The van der Waals surface area contributed by atoms with Gasteiger partial charge in [0.15, 0.2) is 9.84 Å². The molecule has 0 aromatic heterocycles. The highest BCUT2D eigenvalue weighted by Gasteiger charge is 2.53. The Hall–Kier alpha value is -1.31. The summed E-state index contributed by atoms with van der Waals surface area (Å²) in [4.78, 5) is 24.3. The summed E-state index contributed by atoms with van der Waals surface area (Å²) in [5, 5.41) is 8.23. The van der Waals surface area contributed by atoms with Crippen LogP contribution in [-0.2, 0) is 19.4 Å². The lowest BCUT2D eigenvalue weighted by Crippen LogP contribution is -2.37. The molecule has 0 bridgehead atoms. The van der Waals surface area contributed by atoms with Gasteiger partial charge in [0.25, 0.3) is 0 Å². The van der Waals surface area contributed by atoms with Gasteiger partial charge in [-0.3, -0.25) is 4.79 Å². The Morgan fingerprint density at radius 1 is 1.29 bits per heavy atom. The lowest BCUT2D eigenvalue weighted by atomic mass is 9.91. The van der Waals surface area contributed by atoms with Gasteiger partial charge >= 0.3 is 12.1 Å². The number of amides is 1. The number of ether oxygens (including phenoxy) is 1. The van der Waals surface area contributed by atoms with Gasteiger partial charge in [-0.1, -0.05) is 0 Å². The molecule has 0 saturated carbocycles. The van der Waals surface area contributed by atoms with Crippen molar-refractivity contribution in [3.63, 3.8) is 0 Å². The van der Waals surface area contributed by atoms with E-state index in [-0.39, 0.29) is 31.2 Å². The number of hydrogen-bond donors (Lipinski definition) is 1. The van der Waals surface area contributed by atoms with Crippen LogP contribution in [0.25, 0.3) is 0 Å². The molecule has 0 aliphatic carbocycles. The normalized spacial score (nSPS) is 31.0. The first-order valence-corrected chi connectivity index (χ1v) is 8.62. The lowest BCUT2D eigenvalue weighted by molar-refractivity contribution is -0.138. The molecule has 1 N–H and O–H groups in total. The van der Waals surface area contributed by atoms with Crippen molar-refractivity contribution in [1.29, 1.82) is 0 Å². The zero-order valence-corrected chi connectivity index (χ0v) is 13.2. The van der Waals surface area contributed by atoms with Crippen LogP contribution in [0.3, 0.4) is 0 Å². The van der Waals surface area contributed by atoms with E-state index in [4.69, 9.17) is 9.84 Å². The van der Waals surface area contributed by atoms with E-state index in [9.17, 15) is 18.0 Å². The zero-order valence-electron chi connectivity index (χ0n) is 12.4. The quantitative estimate of drug-likeness (QED) is 0.805. The minimum atomic E-state index is -3.34. The third kappa shape index (κ3) is 3.48. The number of nitrogens with zero attached hydrogens (tertiary/aromatic N) is 1. The van der Waals surface area contributed by atoms with Crippen molar-refractivity contribution >= 4 is 21.9 Å². The van der Waals surface area contributed by atoms with Crippen LogP contribution in [0.5, 0.6) is 0 Å². The Bertz CT molecular complexity index is 549. The Morgan fingerprint density at radius 3 is 2.43 bits per heavy atom. The topological polar surface area (TPSA) is 101 Å². The summed E-state index contributed by atoms with van der Waals surface area (Å²) < 4.78 is 29.5. The van der Waals surface area contributed by atoms with Gasteiger partial charge in [-0.25, -0.2) is 13.2 Å². The molecule has 0 spiro atoms. The molecule has 2 heterocycles. The van der Waals surface area contributed by atoms with Crippen molar-refractivity contribution in [3.8, 4) is 0 Å². The molecule has 1 amide bonds. The second-order valence-corrected chi connectivity index (χ2v) is 9.04. The van der Waals surface area contributed by atoms with E-state index in [2.05, 4.69) is 0 Å². The first kappa shape index (κ1) is 16.1. The van der Waals surface area contributed by atoms with Gasteiger partial charge in [0.05, 0.1) is 11.0 Å². The second-order valence-electron chi connectivity index (χ2n) is 6.78. The van der Waals surface area contributed by atoms with Crippen LogP contribution in [0.2, 0.25) is 0 Å². The second kappa shape index (κ2) is 5.15. The lowest BCUT2D eigenvalue weighted by Gasteiger charge is -2.25. The third-order valence-corrected chi connectivity index (χ3v) is 6.22. The summed E-state index contributed by atoms with van der Waals surface area (Å²) in [6.45, 7) is 5.57. The molecule has 0 unspecified atom stereocenters. The standard InChI is InChI=1S/C13H21NO6S/c1-13(2,3)20-12(17)14-5-9-8(4-11(15)16)7-21(18,19)10(9)6-14/h8-10H,4-7H2,1-3H3,(H,15,16)/t8-,9+,10+/m0/s1. The van der Waals surface area contributed by atoms with Crippen molar-refractivity contribution in [1.82, 2.24) is 4.90 Å². The SMILES string of the molecule is CC(C)(C)OC(=O)N1C[C@@H]2[C@@H](CC(=O)O)CS(=O)(=O)[C@@H]2C1. The molecule has 0 radical (unpaired) electrons. The minimum Gasteiger partial charge on any atom is -0.481 e. The van der Waals surface area contributed by atoms with Gasteiger partial charge in [0.1, 0.15) is 5.60 Å². The average molecular weight is 319 g/mol. The van der Waals surface area contributed by atoms with Crippen molar-refractivity contribution in [2.24, 2.45) is 11.8 Å². The molecular weight excluding hydrogens is 298 g/mol. The minimum absolute atomic E-state index is 0.0953. The fraction of sp³-hybridized carbons (Fsp3) is 0.846. The highest BCUT2D eigenvalue weighted by atomic mass is 32.2.